The second-order valence-electron chi connectivity index (χ2n) is 4.69. The molecule has 0 aromatic carbocycles. The van der Waals surface area contributed by atoms with Crippen molar-refractivity contribution in [1.82, 2.24) is 15.5 Å². The first-order valence-corrected chi connectivity index (χ1v) is 8.21. The maximum atomic E-state index is 11.7. The number of nitrogens with one attached hydrogen (secondary N) is 2. The number of amides is 1. The number of thioether (sulfide) groups is 1. The number of piperidine rings is 1. The van der Waals surface area contributed by atoms with Gasteiger partial charge in [0.15, 0.2) is 0 Å². The van der Waals surface area contributed by atoms with E-state index in [0.29, 0.717) is 11.8 Å². The molecule has 106 valence electrons. The van der Waals surface area contributed by atoms with Crippen molar-refractivity contribution in [2.75, 3.05) is 44.2 Å². The Hall–Kier alpha value is -0.260. The van der Waals surface area contributed by atoms with Crippen molar-refractivity contribution in [2.24, 2.45) is 0 Å². The number of carbonyl (C=O) groups excluding carboxylic acids is 1. The van der Waals surface area contributed by atoms with E-state index in [-0.39, 0.29) is 5.91 Å². The third-order valence-electron chi connectivity index (χ3n) is 3.34. The van der Waals surface area contributed by atoms with Crippen LogP contribution in [0, 0.1) is 0 Å². The van der Waals surface area contributed by atoms with Gasteiger partial charge in [0.05, 0.1) is 5.75 Å². The van der Waals surface area contributed by atoms with Crippen molar-refractivity contribution in [3.05, 3.63) is 0 Å². The summed E-state index contributed by atoms with van der Waals surface area (Å²) in [5.74, 6) is 1.82. The molecule has 18 heavy (non-hydrogen) atoms. The van der Waals surface area contributed by atoms with Gasteiger partial charge >= 0.3 is 0 Å². The first-order chi connectivity index (χ1) is 8.76. The van der Waals surface area contributed by atoms with Gasteiger partial charge in [-0.3, -0.25) is 4.79 Å². The van der Waals surface area contributed by atoms with Gasteiger partial charge in [0.1, 0.15) is 0 Å². The average molecular weight is 273 g/mol. The summed E-state index contributed by atoms with van der Waals surface area (Å²) in [6, 6.07) is 0.342. The summed E-state index contributed by atoms with van der Waals surface area (Å²) in [6.07, 6.45) is 2.28. The number of rotatable bonds is 8. The Kier molecular flexibility index (Phi) is 8.46. The van der Waals surface area contributed by atoms with E-state index >= 15 is 0 Å². The minimum atomic E-state index is 0.188. The molecule has 1 aliphatic heterocycles. The Morgan fingerprint density at radius 2 is 2.22 bits per heavy atom. The Morgan fingerprint density at radius 1 is 1.44 bits per heavy atom. The zero-order valence-corrected chi connectivity index (χ0v) is 12.5. The van der Waals surface area contributed by atoms with Crippen LogP contribution in [0.3, 0.4) is 0 Å². The summed E-state index contributed by atoms with van der Waals surface area (Å²) in [5.41, 5.74) is 0. The van der Waals surface area contributed by atoms with E-state index in [0.717, 1.165) is 44.9 Å². The molecule has 1 aliphatic rings. The van der Waals surface area contributed by atoms with E-state index in [1.807, 2.05) is 0 Å². The molecule has 0 bridgehead atoms. The van der Waals surface area contributed by atoms with Crippen LogP contribution in [0.15, 0.2) is 0 Å². The zero-order valence-electron chi connectivity index (χ0n) is 11.7. The molecule has 2 N–H and O–H groups in total. The number of hydrogen-bond acceptors (Lipinski definition) is 4. The predicted molar refractivity (Wildman–Crippen MR) is 79.1 cm³/mol. The first-order valence-electron chi connectivity index (χ1n) is 7.06. The maximum Gasteiger partial charge on any atom is 0.230 e. The van der Waals surface area contributed by atoms with Crippen LogP contribution in [0.25, 0.3) is 0 Å². The van der Waals surface area contributed by atoms with Crippen LogP contribution in [0.4, 0.5) is 0 Å². The molecule has 1 unspecified atom stereocenters. The van der Waals surface area contributed by atoms with Crippen LogP contribution in [-0.4, -0.2) is 61.1 Å². The van der Waals surface area contributed by atoms with Gasteiger partial charge in [0.25, 0.3) is 0 Å². The molecule has 1 amide bonds. The molecule has 0 radical (unpaired) electrons. The average Bonchev–Trinajstić information content (AvgIpc) is 2.40. The lowest BCUT2D eigenvalue weighted by molar-refractivity contribution is -0.119. The monoisotopic (exact) mass is 273 g/mol. The van der Waals surface area contributed by atoms with Crippen LogP contribution in [-0.2, 0) is 4.79 Å². The topological polar surface area (TPSA) is 44.4 Å². The highest BCUT2D eigenvalue weighted by Crippen LogP contribution is 2.04. The van der Waals surface area contributed by atoms with E-state index in [4.69, 9.17) is 0 Å². The fraction of sp³-hybridized carbons (Fsp3) is 0.923. The lowest BCUT2D eigenvalue weighted by Gasteiger charge is -2.23. The van der Waals surface area contributed by atoms with Crippen molar-refractivity contribution in [1.29, 1.82) is 0 Å². The smallest absolute Gasteiger partial charge is 0.230 e. The summed E-state index contributed by atoms with van der Waals surface area (Å²) in [4.78, 5) is 14.1. The highest BCUT2D eigenvalue weighted by atomic mass is 32.2. The minimum Gasteiger partial charge on any atom is -0.351 e. The fourth-order valence-corrected chi connectivity index (χ4v) is 2.94. The normalized spacial score (nSPS) is 20.1. The van der Waals surface area contributed by atoms with Gasteiger partial charge in [-0.15, -0.1) is 0 Å². The van der Waals surface area contributed by atoms with E-state index in [1.54, 1.807) is 11.8 Å². The molecule has 0 spiro atoms. The zero-order chi connectivity index (χ0) is 13.2. The van der Waals surface area contributed by atoms with Gasteiger partial charge in [0.2, 0.25) is 5.91 Å². The Morgan fingerprint density at radius 3 is 2.83 bits per heavy atom. The first kappa shape index (κ1) is 15.8. The highest BCUT2D eigenvalue weighted by molar-refractivity contribution is 7.99. The summed E-state index contributed by atoms with van der Waals surface area (Å²) in [6.45, 7) is 9.64. The van der Waals surface area contributed by atoms with E-state index in [2.05, 4.69) is 29.4 Å². The molecule has 1 rings (SSSR count). The standard InChI is InChI=1S/C13H27N3OS/c1-3-16(4-2)8-9-18-11-13(17)15-12-6-5-7-14-10-12/h12,14H,3-11H2,1-2H3,(H,15,17). The van der Waals surface area contributed by atoms with E-state index in [1.165, 1.54) is 6.42 Å². The summed E-state index contributed by atoms with van der Waals surface area (Å²) >= 11 is 1.73. The molecule has 0 aromatic heterocycles. The molecule has 1 fully saturated rings. The van der Waals surface area contributed by atoms with Gasteiger partial charge in [-0.25, -0.2) is 0 Å². The molecule has 0 aliphatic carbocycles. The Bertz CT molecular complexity index is 228. The van der Waals surface area contributed by atoms with Crippen LogP contribution in [0.1, 0.15) is 26.7 Å². The number of carbonyl (C=O) groups is 1. The van der Waals surface area contributed by atoms with Crippen molar-refractivity contribution >= 4 is 17.7 Å². The second kappa shape index (κ2) is 9.64. The molecule has 1 saturated heterocycles. The van der Waals surface area contributed by atoms with Crippen LogP contribution >= 0.6 is 11.8 Å². The van der Waals surface area contributed by atoms with Crippen LogP contribution in [0.5, 0.6) is 0 Å². The summed E-state index contributed by atoms with van der Waals surface area (Å²) in [5, 5.41) is 6.41. The largest absolute Gasteiger partial charge is 0.351 e. The highest BCUT2D eigenvalue weighted by Gasteiger charge is 2.14. The summed E-state index contributed by atoms with van der Waals surface area (Å²) < 4.78 is 0. The quantitative estimate of drug-likeness (QED) is 0.646. The van der Waals surface area contributed by atoms with Gasteiger partial charge < -0.3 is 15.5 Å². The molecular formula is C13H27N3OS. The van der Waals surface area contributed by atoms with E-state index in [9.17, 15) is 4.79 Å². The molecule has 1 atom stereocenters. The minimum absolute atomic E-state index is 0.188. The third-order valence-corrected chi connectivity index (χ3v) is 4.28. The van der Waals surface area contributed by atoms with Crippen molar-refractivity contribution in [3.8, 4) is 0 Å². The lowest BCUT2D eigenvalue weighted by atomic mass is 10.1. The molecule has 0 aromatic rings. The van der Waals surface area contributed by atoms with Gasteiger partial charge in [-0.05, 0) is 32.5 Å². The van der Waals surface area contributed by atoms with Crippen LogP contribution in [0.2, 0.25) is 0 Å². The van der Waals surface area contributed by atoms with Gasteiger partial charge in [-0.2, -0.15) is 11.8 Å². The Labute approximate surface area is 115 Å². The SMILES string of the molecule is CCN(CC)CCSCC(=O)NC1CCCNC1. The third kappa shape index (κ3) is 6.61. The van der Waals surface area contributed by atoms with Gasteiger partial charge in [-0.1, -0.05) is 13.8 Å². The second-order valence-corrected chi connectivity index (χ2v) is 5.80. The summed E-state index contributed by atoms with van der Waals surface area (Å²) in [7, 11) is 0. The van der Waals surface area contributed by atoms with Gasteiger partial charge in [0, 0.05) is 24.9 Å². The van der Waals surface area contributed by atoms with Crippen LogP contribution < -0.4 is 10.6 Å². The fourth-order valence-electron chi connectivity index (χ4n) is 2.14. The number of hydrogen-bond donors (Lipinski definition) is 2. The van der Waals surface area contributed by atoms with Crippen molar-refractivity contribution < 1.29 is 4.79 Å². The Balaban J connectivity index is 2.02. The van der Waals surface area contributed by atoms with Crippen molar-refractivity contribution in [3.63, 3.8) is 0 Å². The number of nitrogens with zero attached hydrogens (tertiary/aromatic N) is 1. The molecule has 4 nitrogen and oxygen atoms in total. The maximum absolute atomic E-state index is 11.7. The molecule has 5 heteroatoms. The molecular weight excluding hydrogens is 246 g/mol. The molecule has 0 saturated carbocycles. The predicted octanol–water partition coefficient (Wildman–Crippen LogP) is 0.930. The molecule has 1 heterocycles. The lowest BCUT2D eigenvalue weighted by Crippen LogP contribution is -2.46. The van der Waals surface area contributed by atoms with Crippen molar-refractivity contribution in [2.45, 2.75) is 32.7 Å². The van der Waals surface area contributed by atoms with E-state index < -0.39 is 0 Å².